The zero-order chi connectivity index (χ0) is 10.1. The zero-order valence-corrected chi connectivity index (χ0v) is 8.12. The Morgan fingerprint density at radius 2 is 2.14 bits per heavy atom. The molecule has 1 aromatic carbocycles. The van der Waals surface area contributed by atoms with Crippen molar-refractivity contribution >= 4 is 22.5 Å². The summed E-state index contributed by atoms with van der Waals surface area (Å²) in [6.45, 7) is 0.364. The molecular weight excluding hydrogens is 200 g/mol. The van der Waals surface area contributed by atoms with E-state index in [1.54, 1.807) is 18.2 Å². The van der Waals surface area contributed by atoms with E-state index in [2.05, 4.69) is 4.98 Å². The molecule has 0 saturated heterocycles. The summed E-state index contributed by atoms with van der Waals surface area (Å²) in [5, 5.41) is 10.6. The highest BCUT2D eigenvalue weighted by Gasteiger charge is 2.03. The van der Waals surface area contributed by atoms with E-state index in [0.717, 1.165) is 10.9 Å². The maximum absolute atomic E-state index is 9.24. The molecule has 3 N–H and O–H groups in total. The molecule has 2 rings (SSSR count). The zero-order valence-electron chi connectivity index (χ0n) is 7.37. The summed E-state index contributed by atoms with van der Waals surface area (Å²) < 4.78 is 0. The van der Waals surface area contributed by atoms with E-state index in [4.69, 9.17) is 17.3 Å². The second-order valence-corrected chi connectivity index (χ2v) is 3.38. The molecule has 0 bridgehead atoms. The van der Waals surface area contributed by atoms with Crippen molar-refractivity contribution in [2.75, 3.05) is 0 Å². The van der Waals surface area contributed by atoms with Crippen molar-refractivity contribution in [3.63, 3.8) is 0 Å². The molecule has 4 heteroatoms. The molecule has 1 heterocycles. The van der Waals surface area contributed by atoms with Gasteiger partial charge in [0.15, 0.2) is 0 Å². The van der Waals surface area contributed by atoms with Crippen LogP contribution < -0.4 is 5.73 Å². The monoisotopic (exact) mass is 208 g/mol. The first-order valence-corrected chi connectivity index (χ1v) is 4.56. The second kappa shape index (κ2) is 3.44. The normalized spacial score (nSPS) is 10.7. The molecule has 0 fully saturated rings. The fourth-order valence-electron chi connectivity index (χ4n) is 1.32. The number of benzene rings is 1. The molecule has 3 nitrogen and oxygen atoms in total. The van der Waals surface area contributed by atoms with Gasteiger partial charge >= 0.3 is 0 Å². The average molecular weight is 209 g/mol. The van der Waals surface area contributed by atoms with Gasteiger partial charge in [-0.05, 0) is 18.2 Å². The van der Waals surface area contributed by atoms with Gasteiger partial charge in [0.2, 0.25) is 0 Å². The molecule has 0 spiro atoms. The van der Waals surface area contributed by atoms with Gasteiger partial charge in [-0.15, -0.1) is 0 Å². The number of hydrogen-bond donors (Lipinski definition) is 2. The predicted octanol–water partition coefficient (Wildman–Crippen LogP) is 2.05. The average Bonchev–Trinajstić information content (AvgIpc) is 2.16. The molecule has 0 aliphatic rings. The van der Waals surface area contributed by atoms with E-state index >= 15 is 0 Å². The largest absolute Gasteiger partial charge is 0.508 e. The van der Waals surface area contributed by atoms with Crippen LogP contribution in [0.4, 0.5) is 0 Å². The van der Waals surface area contributed by atoms with Crippen molar-refractivity contribution in [1.82, 2.24) is 4.98 Å². The van der Waals surface area contributed by atoms with Gasteiger partial charge in [0, 0.05) is 23.6 Å². The number of nitrogens with two attached hydrogens (primary N) is 1. The van der Waals surface area contributed by atoms with Crippen LogP contribution in [0.1, 0.15) is 5.56 Å². The lowest BCUT2D eigenvalue weighted by Crippen LogP contribution is -1.98. The number of phenolic OH excluding ortho intramolecular Hbond substituents is 1. The van der Waals surface area contributed by atoms with Crippen molar-refractivity contribution in [2.45, 2.75) is 6.54 Å². The molecule has 0 amide bonds. The Morgan fingerprint density at radius 1 is 1.36 bits per heavy atom. The minimum absolute atomic E-state index is 0.182. The Hall–Kier alpha value is -1.32. The number of halogens is 1. The number of rotatable bonds is 1. The first-order chi connectivity index (χ1) is 6.70. The van der Waals surface area contributed by atoms with Crippen LogP contribution in [0.15, 0.2) is 24.3 Å². The summed E-state index contributed by atoms with van der Waals surface area (Å²) in [5.74, 6) is 0.182. The smallest absolute Gasteiger partial charge is 0.134 e. The van der Waals surface area contributed by atoms with E-state index in [0.29, 0.717) is 17.2 Å². The SMILES string of the molecule is NCc1cc2ccc(O)cc2nc1Cl. The summed E-state index contributed by atoms with van der Waals surface area (Å²) in [6, 6.07) is 6.84. The summed E-state index contributed by atoms with van der Waals surface area (Å²) >= 11 is 5.88. The van der Waals surface area contributed by atoms with Crippen molar-refractivity contribution in [1.29, 1.82) is 0 Å². The molecule has 1 aromatic heterocycles. The number of fused-ring (bicyclic) bond motifs is 1. The van der Waals surface area contributed by atoms with Gasteiger partial charge in [0.05, 0.1) is 5.52 Å². The van der Waals surface area contributed by atoms with Crippen LogP contribution in [-0.4, -0.2) is 10.1 Å². The van der Waals surface area contributed by atoms with Gasteiger partial charge in [0.1, 0.15) is 10.9 Å². The van der Waals surface area contributed by atoms with E-state index in [1.165, 1.54) is 0 Å². The third-order valence-corrected chi connectivity index (χ3v) is 2.37. The van der Waals surface area contributed by atoms with Crippen molar-refractivity contribution < 1.29 is 5.11 Å². The molecule has 0 radical (unpaired) electrons. The first kappa shape index (κ1) is 9.24. The number of nitrogens with zero attached hydrogens (tertiary/aromatic N) is 1. The highest BCUT2D eigenvalue weighted by atomic mass is 35.5. The topological polar surface area (TPSA) is 59.1 Å². The summed E-state index contributed by atoms with van der Waals surface area (Å²) in [6.07, 6.45) is 0. The molecule has 14 heavy (non-hydrogen) atoms. The van der Waals surface area contributed by atoms with Crippen LogP contribution in [0.25, 0.3) is 10.9 Å². The van der Waals surface area contributed by atoms with E-state index in [1.807, 2.05) is 6.07 Å². The van der Waals surface area contributed by atoms with Crippen molar-refractivity contribution in [2.24, 2.45) is 5.73 Å². The Bertz CT molecular complexity index is 485. The molecule has 0 aliphatic heterocycles. The molecule has 0 saturated carbocycles. The maximum atomic E-state index is 9.24. The Morgan fingerprint density at radius 3 is 2.86 bits per heavy atom. The van der Waals surface area contributed by atoms with E-state index in [9.17, 15) is 5.11 Å². The molecule has 2 aromatic rings. The fourth-order valence-corrected chi connectivity index (χ4v) is 1.54. The van der Waals surface area contributed by atoms with Crippen LogP contribution >= 0.6 is 11.6 Å². The number of pyridine rings is 1. The molecule has 0 aliphatic carbocycles. The van der Waals surface area contributed by atoms with Crippen molar-refractivity contribution in [3.05, 3.63) is 35.0 Å². The summed E-state index contributed by atoms with van der Waals surface area (Å²) in [7, 11) is 0. The minimum atomic E-state index is 0.182. The van der Waals surface area contributed by atoms with Crippen LogP contribution in [-0.2, 0) is 6.54 Å². The highest BCUT2D eigenvalue weighted by molar-refractivity contribution is 6.30. The van der Waals surface area contributed by atoms with Crippen LogP contribution in [0.3, 0.4) is 0 Å². The molecule has 0 unspecified atom stereocenters. The minimum Gasteiger partial charge on any atom is -0.508 e. The molecule has 0 atom stereocenters. The van der Waals surface area contributed by atoms with Gasteiger partial charge in [-0.2, -0.15) is 0 Å². The fraction of sp³-hybridized carbons (Fsp3) is 0.100. The predicted molar refractivity (Wildman–Crippen MR) is 56.3 cm³/mol. The number of phenols is 1. The van der Waals surface area contributed by atoms with E-state index in [-0.39, 0.29) is 5.75 Å². The van der Waals surface area contributed by atoms with Gasteiger partial charge in [-0.25, -0.2) is 4.98 Å². The summed E-state index contributed by atoms with van der Waals surface area (Å²) in [5.41, 5.74) is 6.98. The lowest BCUT2D eigenvalue weighted by molar-refractivity contribution is 0.476. The highest BCUT2D eigenvalue weighted by Crippen LogP contribution is 2.23. The number of aromatic hydroxyl groups is 1. The second-order valence-electron chi connectivity index (χ2n) is 3.02. The lowest BCUT2D eigenvalue weighted by atomic mass is 10.1. The van der Waals surface area contributed by atoms with Crippen molar-refractivity contribution in [3.8, 4) is 5.75 Å². The quantitative estimate of drug-likeness (QED) is 0.706. The van der Waals surface area contributed by atoms with E-state index < -0.39 is 0 Å². The summed E-state index contributed by atoms with van der Waals surface area (Å²) in [4.78, 5) is 4.13. The molecule has 72 valence electrons. The van der Waals surface area contributed by atoms with Crippen LogP contribution in [0.5, 0.6) is 5.75 Å². The van der Waals surface area contributed by atoms with Gasteiger partial charge in [0.25, 0.3) is 0 Å². The molecular formula is C10H9ClN2O. The van der Waals surface area contributed by atoms with Gasteiger partial charge < -0.3 is 10.8 Å². The van der Waals surface area contributed by atoms with Crippen LogP contribution in [0, 0.1) is 0 Å². The standard InChI is InChI=1S/C10H9ClN2O/c11-10-7(5-12)3-6-1-2-8(14)4-9(6)13-10/h1-4,14H,5,12H2. The first-order valence-electron chi connectivity index (χ1n) is 4.19. The third kappa shape index (κ3) is 1.52. The van der Waals surface area contributed by atoms with Crippen LogP contribution in [0.2, 0.25) is 5.15 Å². The number of aromatic nitrogens is 1. The van der Waals surface area contributed by atoms with Gasteiger partial charge in [-0.1, -0.05) is 11.6 Å². The number of hydrogen-bond acceptors (Lipinski definition) is 3. The maximum Gasteiger partial charge on any atom is 0.134 e. The van der Waals surface area contributed by atoms with Gasteiger partial charge in [-0.3, -0.25) is 0 Å². The Kier molecular flexibility index (Phi) is 2.27. The lowest BCUT2D eigenvalue weighted by Gasteiger charge is -2.03. The Balaban J connectivity index is 2.73. The Labute approximate surface area is 86.1 Å². The third-order valence-electron chi connectivity index (χ3n) is 2.05.